The zero-order chi connectivity index (χ0) is 26.4. The standard InChI is InChI=1S/C30H32F2N4OS/c1-18(2)36-10-11-37-30-24(31)14-21(15-26(30)36)29-25(32)16-33-28(34-29)13-19-4-5-27-22(12-19)23(17-38-27)20-6-8-35(3)9-7-20/h4-5,12,14-18,20H,6-11,13H2,1-3H3. The summed E-state index contributed by atoms with van der Waals surface area (Å²) >= 11 is 1.80. The highest BCUT2D eigenvalue weighted by molar-refractivity contribution is 7.17. The summed E-state index contributed by atoms with van der Waals surface area (Å²) in [7, 11) is 2.18. The fourth-order valence-corrected chi connectivity index (χ4v) is 6.71. The molecule has 0 aliphatic carbocycles. The summed E-state index contributed by atoms with van der Waals surface area (Å²) in [5.74, 6) is 0.225. The van der Waals surface area contributed by atoms with Crippen LogP contribution in [0.4, 0.5) is 14.5 Å². The van der Waals surface area contributed by atoms with Gasteiger partial charge in [-0.25, -0.2) is 18.7 Å². The summed E-state index contributed by atoms with van der Waals surface area (Å²) in [4.78, 5) is 13.3. The van der Waals surface area contributed by atoms with E-state index in [1.165, 1.54) is 40.8 Å². The van der Waals surface area contributed by atoms with Crippen LogP contribution >= 0.6 is 11.3 Å². The Hall–Kier alpha value is -3.10. The molecule has 0 unspecified atom stereocenters. The number of hydrogen-bond acceptors (Lipinski definition) is 6. The molecule has 6 rings (SSSR count). The Balaban J connectivity index is 1.31. The maximum Gasteiger partial charge on any atom is 0.178 e. The van der Waals surface area contributed by atoms with E-state index in [0.717, 1.165) is 18.7 Å². The number of fused-ring (bicyclic) bond motifs is 2. The second-order valence-electron chi connectivity index (χ2n) is 10.7. The van der Waals surface area contributed by atoms with Gasteiger partial charge in [-0.05, 0) is 98.9 Å². The predicted octanol–water partition coefficient (Wildman–Crippen LogP) is 6.64. The Morgan fingerprint density at radius 1 is 1.08 bits per heavy atom. The minimum atomic E-state index is -0.571. The minimum Gasteiger partial charge on any atom is -0.486 e. The largest absolute Gasteiger partial charge is 0.486 e. The summed E-state index contributed by atoms with van der Waals surface area (Å²) in [6, 6.07) is 9.74. The van der Waals surface area contributed by atoms with Gasteiger partial charge in [-0.15, -0.1) is 11.3 Å². The molecule has 38 heavy (non-hydrogen) atoms. The Kier molecular flexibility index (Phi) is 6.78. The topological polar surface area (TPSA) is 41.5 Å². The molecule has 0 bridgehead atoms. The van der Waals surface area contributed by atoms with Gasteiger partial charge in [-0.2, -0.15) is 0 Å². The third-order valence-corrected chi connectivity index (χ3v) is 8.77. The molecule has 2 aromatic heterocycles. The molecular weight excluding hydrogens is 502 g/mol. The summed E-state index contributed by atoms with van der Waals surface area (Å²) in [5.41, 5.74) is 3.64. The molecule has 5 nitrogen and oxygen atoms in total. The number of rotatable bonds is 5. The van der Waals surface area contributed by atoms with Crippen molar-refractivity contribution >= 4 is 27.1 Å². The maximum atomic E-state index is 15.0. The molecule has 1 saturated heterocycles. The fraction of sp³-hybridized carbons (Fsp3) is 0.400. The van der Waals surface area contributed by atoms with Crippen LogP contribution < -0.4 is 9.64 Å². The molecular formula is C30H32F2N4OS. The summed E-state index contributed by atoms with van der Waals surface area (Å²) in [5, 5.41) is 3.61. The van der Waals surface area contributed by atoms with Crippen molar-refractivity contribution in [3.63, 3.8) is 0 Å². The van der Waals surface area contributed by atoms with E-state index < -0.39 is 11.6 Å². The van der Waals surface area contributed by atoms with Crippen LogP contribution in [0.5, 0.6) is 5.75 Å². The third-order valence-electron chi connectivity index (χ3n) is 7.79. The average molecular weight is 535 g/mol. The summed E-state index contributed by atoms with van der Waals surface area (Å²) < 4.78 is 36.9. The van der Waals surface area contributed by atoms with Crippen molar-refractivity contribution in [1.82, 2.24) is 14.9 Å². The van der Waals surface area contributed by atoms with Crippen LogP contribution in [0.15, 0.2) is 41.9 Å². The van der Waals surface area contributed by atoms with Crippen LogP contribution in [-0.2, 0) is 6.42 Å². The van der Waals surface area contributed by atoms with E-state index in [1.54, 1.807) is 17.4 Å². The molecule has 2 aliphatic rings. The van der Waals surface area contributed by atoms with Crippen molar-refractivity contribution in [3.05, 3.63) is 70.5 Å². The highest BCUT2D eigenvalue weighted by atomic mass is 32.1. The van der Waals surface area contributed by atoms with Crippen molar-refractivity contribution in [2.75, 3.05) is 38.2 Å². The van der Waals surface area contributed by atoms with E-state index >= 15 is 4.39 Å². The quantitative estimate of drug-likeness (QED) is 0.287. The van der Waals surface area contributed by atoms with E-state index in [0.29, 0.717) is 42.6 Å². The average Bonchev–Trinajstić information content (AvgIpc) is 3.33. The Morgan fingerprint density at radius 2 is 1.89 bits per heavy atom. The number of benzene rings is 2. The highest BCUT2D eigenvalue weighted by Crippen LogP contribution is 2.40. The van der Waals surface area contributed by atoms with E-state index in [1.807, 2.05) is 13.8 Å². The van der Waals surface area contributed by atoms with E-state index in [4.69, 9.17) is 4.74 Å². The molecule has 2 aliphatic heterocycles. The molecule has 0 amide bonds. The Morgan fingerprint density at radius 3 is 2.68 bits per heavy atom. The fourth-order valence-electron chi connectivity index (χ4n) is 5.69. The van der Waals surface area contributed by atoms with Gasteiger partial charge in [0, 0.05) is 22.7 Å². The number of anilines is 1. The van der Waals surface area contributed by atoms with Crippen molar-refractivity contribution in [1.29, 1.82) is 0 Å². The first kappa shape index (κ1) is 25.2. The number of piperidine rings is 1. The Bertz CT molecular complexity index is 1480. The summed E-state index contributed by atoms with van der Waals surface area (Å²) in [6.45, 7) is 7.41. The first-order valence-corrected chi connectivity index (χ1v) is 14.2. The molecule has 0 radical (unpaired) electrons. The van der Waals surface area contributed by atoms with Gasteiger partial charge in [0.25, 0.3) is 0 Å². The molecule has 2 aromatic carbocycles. The zero-order valence-electron chi connectivity index (χ0n) is 22.0. The van der Waals surface area contributed by atoms with Gasteiger partial charge in [-0.3, -0.25) is 0 Å². The van der Waals surface area contributed by atoms with Crippen LogP contribution in [0.1, 0.15) is 49.6 Å². The number of likely N-dealkylation sites (tertiary alicyclic amines) is 1. The van der Waals surface area contributed by atoms with Gasteiger partial charge in [0.2, 0.25) is 0 Å². The molecule has 8 heteroatoms. The SMILES string of the molecule is CC(C)N1CCOc2c(F)cc(-c3nc(Cc4ccc5scc(C6CCN(C)CC6)c5c4)ncc3F)cc21. The second-order valence-corrected chi connectivity index (χ2v) is 11.6. The van der Waals surface area contributed by atoms with Gasteiger partial charge >= 0.3 is 0 Å². The van der Waals surface area contributed by atoms with Crippen LogP contribution in [0.2, 0.25) is 0 Å². The number of hydrogen-bond donors (Lipinski definition) is 0. The number of thiophene rings is 1. The lowest BCUT2D eigenvalue weighted by atomic mass is 9.89. The molecule has 0 atom stereocenters. The number of aromatic nitrogens is 2. The molecule has 198 valence electrons. The van der Waals surface area contributed by atoms with Crippen molar-refractivity contribution in [3.8, 4) is 17.0 Å². The second kappa shape index (κ2) is 10.2. The van der Waals surface area contributed by atoms with Crippen LogP contribution in [0, 0.1) is 11.6 Å². The van der Waals surface area contributed by atoms with E-state index in [2.05, 4.69) is 50.4 Å². The molecule has 1 fully saturated rings. The van der Waals surface area contributed by atoms with Crippen LogP contribution in [-0.4, -0.2) is 54.2 Å². The molecule has 4 aromatic rings. The predicted molar refractivity (Wildman–Crippen MR) is 149 cm³/mol. The molecule has 0 saturated carbocycles. The lowest BCUT2D eigenvalue weighted by Gasteiger charge is -2.34. The van der Waals surface area contributed by atoms with Gasteiger partial charge in [0.1, 0.15) is 18.1 Å². The monoisotopic (exact) mass is 534 g/mol. The van der Waals surface area contributed by atoms with E-state index in [9.17, 15) is 4.39 Å². The molecule has 0 spiro atoms. The zero-order valence-corrected chi connectivity index (χ0v) is 22.8. The third kappa shape index (κ3) is 4.76. The van der Waals surface area contributed by atoms with Crippen molar-refractivity contribution in [2.24, 2.45) is 0 Å². The normalized spacial score (nSPS) is 16.7. The first-order valence-electron chi connectivity index (χ1n) is 13.3. The molecule has 4 heterocycles. The summed E-state index contributed by atoms with van der Waals surface area (Å²) in [6.07, 6.45) is 4.01. The van der Waals surface area contributed by atoms with Crippen molar-refractivity contribution in [2.45, 2.75) is 45.1 Å². The van der Waals surface area contributed by atoms with Gasteiger partial charge in [-0.1, -0.05) is 6.07 Å². The number of nitrogens with zero attached hydrogens (tertiary/aromatic N) is 4. The van der Waals surface area contributed by atoms with Crippen molar-refractivity contribution < 1.29 is 13.5 Å². The minimum absolute atomic E-state index is 0.106. The van der Waals surface area contributed by atoms with Crippen LogP contribution in [0.3, 0.4) is 0 Å². The van der Waals surface area contributed by atoms with Crippen LogP contribution in [0.25, 0.3) is 21.3 Å². The lowest BCUT2D eigenvalue weighted by Crippen LogP contribution is -2.38. The van der Waals surface area contributed by atoms with E-state index in [-0.39, 0.29) is 17.5 Å². The van der Waals surface area contributed by atoms with Gasteiger partial charge in [0.15, 0.2) is 17.4 Å². The number of halogens is 2. The maximum absolute atomic E-state index is 15.0. The van der Waals surface area contributed by atoms with Gasteiger partial charge < -0.3 is 14.5 Å². The highest BCUT2D eigenvalue weighted by Gasteiger charge is 2.26. The Labute approximate surface area is 226 Å². The van der Waals surface area contributed by atoms with Gasteiger partial charge in [0.05, 0.1) is 18.4 Å². The number of ether oxygens (including phenoxy) is 1. The smallest absolute Gasteiger partial charge is 0.178 e. The first-order chi connectivity index (χ1) is 18.4. The molecule has 0 N–H and O–H groups in total. The lowest BCUT2D eigenvalue weighted by molar-refractivity contribution is 0.256.